The lowest BCUT2D eigenvalue weighted by molar-refractivity contribution is 0.0917. The number of amides is 1. The molecule has 0 atom stereocenters. The highest BCUT2D eigenvalue weighted by Crippen LogP contribution is 2.22. The Morgan fingerprint density at radius 2 is 1.83 bits per heavy atom. The van der Waals surface area contributed by atoms with Gasteiger partial charge in [0.15, 0.2) is 5.76 Å². The Balaban J connectivity index is 1.38. The van der Waals surface area contributed by atoms with Crippen LogP contribution in [0.1, 0.15) is 35.4 Å². The van der Waals surface area contributed by atoms with Crippen molar-refractivity contribution in [1.82, 2.24) is 19.8 Å². The van der Waals surface area contributed by atoms with Crippen LogP contribution in [-0.4, -0.2) is 41.9 Å². The SMILES string of the molecule is O=C(NCc1ccc(-c2ccn[nH]2)cc1)c1ccc(S(=O)(=O)N2CCCCC2)o1. The van der Waals surface area contributed by atoms with E-state index in [-0.39, 0.29) is 10.9 Å². The second-order valence-corrected chi connectivity index (χ2v) is 8.80. The number of carbonyl (C=O) groups is 1. The number of aromatic nitrogens is 2. The van der Waals surface area contributed by atoms with Crippen LogP contribution in [0.5, 0.6) is 0 Å². The van der Waals surface area contributed by atoms with E-state index in [4.69, 9.17) is 4.42 Å². The Labute approximate surface area is 169 Å². The third-order valence-electron chi connectivity index (χ3n) is 4.93. The van der Waals surface area contributed by atoms with Crippen LogP contribution in [0.3, 0.4) is 0 Å². The number of furan rings is 1. The summed E-state index contributed by atoms with van der Waals surface area (Å²) >= 11 is 0. The largest absolute Gasteiger partial charge is 0.438 e. The zero-order chi connectivity index (χ0) is 20.3. The van der Waals surface area contributed by atoms with Gasteiger partial charge in [-0.2, -0.15) is 9.40 Å². The Hall–Kier alpha value is -2.91. The molecule has 8 nitrogen and oxygen atoms in total. The minimum absolute atomic E-state index is 0.0188. The highest BCUT2D eigenvalue weighted by molar-refractivity contribution is 7.89. The normalized spacial score (nSPS) is 15.3. The first-order valence-corrected chi connectivity index (χ1v) is 10.9. The zero-order valence-electron chi connectivity index (χ0n) is 15.8. The molecule has 0 bridgehead atoms. The molecule has 2 aromatic heterocycles. The number of hydrogen-bond donors (Lipinski definition) is 2. The molecule has 1 aliphatic heterocycles. The lowest BCUT2D eigenvalue weighted by Crippen LogP contribution is -2.35. The minimum atomic E-state index is -3.69. The van der Waals surface area contributed by atoms with E-state index < -0.39 is 15.9 Å². The van der Waals surface area contributed by atoms with Gasteiger partial charge < -0.3 is 9.73 Å². The molecule has 1 saturated heterocycles. The van der Waals surface area contributed by atoms with Gasteiger partial charge in [0, 0.05) is 25.8 Å². The number of carbonyl (C=O) groups excluding carboxylic acids is 1. The van der Waals surface area contributed by atoms with E-state index in [1.165, 1.54) is 16.4 Å². The highest BCUT2D eigenvalue weighted by atomic mass is 32.2. The molecule has 0 unspecified atom stereocenters. The fourth-order valence-corrected chi connectivity index (χ4v) is 4.73. The summed E-state index contributed by atoms with van der Waals surface area (Å²) in [6, 6.07) is 12.3. The molecule has 152 valence electrons. The first kappa shape index (κ1) is 19.4. The van der Waals surface area contributed by atoms with Crippen LogP contribution in [0.15, 0.2) is 58.2 Å². The summed E-state index contributed by atoms with van der Waals surface area (Å²) in [4.78, 5) is 12.4. The number of nitrogens with one attached hydrogen (secondary N) is 2. The molecule has 3 aromatic rings. The van der Waals surface area contributed by atoms with Crippen molar-refractivity contribution in [3.05, 3.63) is 60.0 Å². The summed E-state index contributed by atoms with van der Waals surface area (Å²) in [5.41, 5.74) is 2.82. The summed E-state index contributed by atoms with van der Waals surface area (Å²) < 4.78 is 32.0. The van der Waals surface area contributed by atoms with E-state index in [0.29, 0.717) is 19.6 Å². The van der Waals surface area contributed by atoms with Crippen molar-refractivity contribution in [2.24, 2.45) is 0 Å². The second-order valence-electron chi connectivity index (χ2n) is 6.93. The monoisotopic (exact) mass is 414 g/mol. The molecule has 4 rings (SSSR count). The van der Waals surface area contributed by atoms with E-state index in [9.17, 15) is 13.2 Å². The fraction of sp³-hybridized carbons (Fsp3) is 0.300. The highest BCUT2D eigenvalue weighted by Gasteiger charge is 2.29. The predicted molar refractivity (Wildman–Crippen MR) is 107 cm³/mol. The van der Waals surface area contributed by atoms with Gasteiger partial charge >= 0.3 is 0 Å². The van der Waals surface area contributed by atoms with Gasteiger partial charge in [-0.25, -0.2) is 8.42 Å². The molecule has 3 heterocycles. The van der Waals surface area contributed by atoms with Crippen LogP contribution in [0.25, 0.3) is 11.3 Å². The molecule has 0 saturated carbocycles. The maximum Gasteiger partial charge on any atom is 0.287 e. The number of rotatable bonds is 6. The summed E-state index contributed by atoms with van der Waals surface area (Å²) in [5, 5.41) is 9.39. The maximum atomic E-state index is 12.6. The van der Waals surface area contributed by atoms with Gasteiger partial charge in [0.2, 0.25) is 5.09 Å². The van der Waals surface area contributed by atoms with Crippen LogP contribution < -0.4 is 5.32 Å². The van der Waals surface area contributed by atoms with Gasteiger partial charge in [-0.1, -0.05) is 30.7 Å². The van der Waals surface area contributed by atoms with Crippen LogP contribution in [-0.2, 0) is 16.6 Å². The van der Waals surface area contributed by atoms with Gasteiger partial charge in [-0.15, -0.1) is 0 Å². The number of benzene rings is 1. The van der Waals surface area contributed by atoms with E-state index in [0.717, 1.165) is 36.1 Å². The molecule has 1 amide bonds. The first-order chi connectivity index (χ1) is 14.0. The van der Waals surface area contributed by atoms with Crippen molar-refractivity contribution in [2.45, 2.75) is 30.9 Å². The molecule has 1 fully saturated rings. The topological polar surface area (TPSA) is 108 Å². The smallest absolute Gasteiger partial charge is 0.287 e. The van der Waals surface area contributed by atoms with Gasteiger partial charge in [0.25, 0.3) is 15.9 Å². The first-order valence-electron chi connectivity index (χ1n) is 9.51. The Kier molecular flexibility index (Phi) is 5.50. The number of H-pyrrole nitrogens is 1. The van der Waals surface area contributed by atoms with Crippen LogP contribution in [0.2, 0.25) is 0 Å². The Morgan fingerprint density at radius 1 is 1.07 bits per heavy atom. The lowest BCUT2D eigenvalue weighted by Gasteiger charge is -2.24. The predicted octanol–water partition coefficient (Wildman–Crippen LogP) is 2.77. The van der Waals surface area contributed by atoms with Crippen molar-refractivity contribution in [3.8, 4) is 11.3 Å². The third-order valence-corrected chi connectivity index (χ3v) is 6.71. The standard InChI is InChI=1S/C20H22N4O4S/c25-20(21-14-15-4-6-16(7-5-15)17-10-11-22-23-17)18-8-9-19(28-18)29(26,27)24-12-2-1-3-13-24/h4-11H,1-3,12-14H2,(H,21,25)(H,22,23). The van der Waals surface area contributed by atoms with Crippen molar-refractivity contribution in [3.63, 3.8) is 0 Å². The van der Waals surface area contributed by atoms with Crippen LogP contribution in [0, 0.1) is 0 Å². The summed E-state index contributed by atoms with van der Waals surface area (Å²) in [6.07, 6.45) is 4.39. The van der Waals surface area contributed by atoms with Crippen molar-refractivity contribution >= 4 is 15.9 Å². The Morgan fingerprint density at radius 3 is 2.52 bits per heavy atom. The van der Waals surface area contributed by atoms with E-state index in [2.05, 4.69) is 15.5 Å². The molecule has 0 aliphatic carbocycles. The average Bonchev–Trinajstić information content (AvgIpc) is 3.46. The van der Waals surface area contributed by atoms with Crippen LogP contribution >= 0.6 is 0 Å². The second kappa shape index (κ2) is 8.22. The number of sulfonamides is 1. The average molecular weight is 414 g/mol. The fourth-order valence-electron chi connectivity index (χ4n) is 3.30. The number of nitrogens with zero attached hydrogens (tertiary/aromatic N) is 2. The van der Waals surface area contributed by atoms with Crippen molar-refractivity contribution in [2.75, 3.05) is 13.1 Å². The van der Waals surface area contributed by atoms with E-state index >= 15 is 0 Å². The zero-order valence-corrected chi connectivity index (χ0v) is 16.6. The van der Waals surface area contributed by atoms with Gasteiger partial charge in [0.1, 0.15) is 0 Å². The van der Waals surface area contributed by atoms with Crippen LogP contribution in [0.4, 0.5) is 0 Å². The summed E-state index contributed by atoms with van der Waals surface area (Å²) in [5.74, 6) is -0.475. The van der Waals surface area contributed by atoms with Gasteiger partial charge in [-0.05, 0) is 42.2 Å². The van der Waals surface area contributed by atoms with Crippen molar-refractivity contribution < 1.29 is 17.6 Å². The third kappa shape index (κ3) is 4.25. The molecule has 1 aromatic carbocycles. The molecule has 9 heteroatoms. The van der Waals surface area contributed by atoms with Gasteiger partial charge in [0.05, 0.1) is 5.69 Å². The molecule has 2 N–H and O–H groups in total. The summed E-state index contributed by atoms with van der Waals surface area (Å²) in [7, 11) is -3.69. The van der Waals surface area contributed by atoms with E-state index in [1.807, 2.05) is 30.3 Å². The molecule has 29 heavy (non-hydrogen) atoms. The molecule has 0 spiro atoms. The van der Waals surface area contributed by atoms with Crippen molar-refractivity contribution in [1.29, 1.82) is 0 Å². The van der Waals surface area contributed by atoms with E-state index in [1.54, 1.807) is 6.20 Å². The number of hydrogen-bond acceptors (Lipinski definition) is 5. The number of aromatic amines is 1. The maximum absolute atomic E-state index is 12.6. The minimum Gasteiger partial charge on any atom is -0.438 e. The molecular weight excluding hydrogens is 392 g/mol. The van der Waals surface area contributed by atoms with Gasteiger partial charge in [-0.3, -0.25) is 9.89 Å². The molecular formula is C20H22N4O4S. The summed E-state index contributed by atoms with van der Waals surface area (Å²) in [6.45, 7) is 1.27. The Bertz CT molecular complexity index is 1070. The molecule has 0 radical (unpaired) electrons. The quantitative estimate of drug-likeness (QED) is 0.645. The lowest BCUT2D eigenvalue weighted by atomic mass is 10.1. The number of piperidine rings is 1. The molecule has 1 aliphatic rings.